The summed E-state index contributed by atoms with van der Waals surface area (Å²) in [4.78, 5) is 16.8. The lowest BCUT2D eigenvalue weighted by Crippen LogP contribution is -2.32. The molecule has 25 heavy (non-hydrogen) atoms. The van der Waals surface area contributed by atoms with Crippen LogP contribution in [0.1, 0.15) is 43.7 Å². The Kier molecular flexibility index (Phi) is 4.14. The molecule has 2 aromatic heterocycles. The van der Waals surface area contributed by atoms with E-state index in [2.05, 4.69) is 4.98 Å². The third-order valence-electron chi connectivity index (χ3n) is 5.06. The predicted octanol–water partition coefficient (Wildman–Crippen LogP) is 3.46. The zero-order chi connectivity index (χ0) is 17.2. The lowest BCUT2D eigenvalue weighted by atomic mass is 9.86. The number of aromatic nitrogens is 3. The number of rotatable bonds is 3. The number of imidazole rings is 1. The lowest BCUT2D eigenvalue weighted by Gasteiger charge is -2.24. The molecule has 0 atom stereocenters. The minimum Gasteiger partial charge on any atom is -0.336 e. The van der Waals surface area contributed by atoms with E-state index in [9.17, 15) is 4.79 Å². The fraction of sp³-hybridized carbons (Fsp3) is 0.300. The van der Waals surface area contributed by atoms with Gasteiger partial charge in [0.1, 0.15) is 0 Å². The van der Waals surface area contributed by atoms with Crippen LogP contribution in [0.5, 0.6) is 0 Å². The molecule has 0 unspecified atom stereocenters. The van der Waals surface area contributed by atoms with Crippen LogP contribution in [0, 0.1) is 0 Å². The van der Waals surface area contributed by atoms with Crippen molar-refractivity contribution in [2.45, 2.75) is 38.0 Å². The lowest BCUT2D eigenvalue weighted by molar-refractivity contribution is 0.428. The summed E-state index contributed by atoms with van der Waals surface area (Å²) in [6.07, 6.45) is 9.57. The highest BCUT2D eigenvalue weighted by molar-refractivity contribution is 5.58. The highest BCUT2D eigenvalue weighted by Gasteiger charge is 2.20. The predicted molar refractivity (Wildman–Crippen MR) is 99.2 cm³/mol. The normalized spacial score (nSPS) is 15.4. The van der Waals surface area contributed by atoms with Gasteiger partial charge in [-0.1, -0.05) is 49.6 Å². The average Bonchev–Trinajstić information content (AvgIpc) is 3.15. The quantitative estimate of drug-likeness (QED) is 0.746. The summed E-state index contributed by atoms with van der Waals surface area (Å²) in [5, 5.41) is 0. The standard InChI is InChI=1S/C20H22N4O/c21-24-19(16-9-5-2-6-10-16)11-17(12-20(24)25)23-13-18(22-14-23)15-7-3-1-4-8-15/h1,3-4,7-8,11-14,16H,2,5-6,9-10,21H2. The SMILES string of the molecule is Nn1c(C2CCCCC2)cc(-n2cnc(-c3ccccc3)c2)cc1=O. The van der Waals surface area contributed by atoms with E-state index in [0.717, 1.165) is 35.5 Å². The number of hydrogen-bond acceptors (Lipinski definition) is 3. The molecule has 1 saturated carbocycles. The Morgan fingerprint density at radius 1 is 1.04 bits per heavy atom. The maximum Gasteiger partial charge on any atom is 0.270 e. The Hall–Kier alpha value is -2.82. The van der Waals surface area contributed by atoms with Gasteiger partial charge < -0.3 is 10.4 Å². The number of nitrogen functional groups attached to an aromatic ring is 1. The Balaban J connectivity index is 1.72. The molecule has 4 rings (SSSR count). The van der Waals surface area contributed by atoms with Crippen molar-refractivity contribution in [1.82, 2.24) is 14.2 Å². The van der Waals surface area contributed by atoms with Gasteiger partial charge in [-0.05, 0) is 18.9 Å². The maximum absolute atomic E-state index is 12.4. The highest BCUT2D eigenvalue weighted by atomic mass is 16.1. The molecular weight excluding hydrogens is 312 g/mol. The average molecular weight is 334 g/mol. The van der Waals surface area contributed by atoms with E-state index in [1.807, 2.05) is 47.2 Å². The van der Waals surface area contributed by atoms with Crippen molar-refractivity contribution in [1.29, 1.82) is 0 Å². The molecule has 0 bridgehead atoms. The van der Waals surface area contributed by atoms with Crippen LogP contribution >= 0.6 is 0 Å². The molecule has 2 N–H and O–H groups in total. The first-order chi connectivity index (χ1) is 12.2. The fourth-order valence-electron chi connectivity index (χ4n) is 3.67. The van der Waals surface area contributed by atoms with E-state index < -0.39 is 0 Å². The van der Waals surface area contributed by atoms with Gasteiger partial charge in [-0.25, -0.2) is 9.66 Å². The van der Waals surface area contributed by atoms with Gasteiger partial charge in [0, 0.05) is 29.4 Å². The first-order valence-corrected chi connectivity index (χ1v) is 8.84. The van der Waals surface area contributed by atoms with Crippen LogP contribution in [0.3, 0.4) is 0 Å². The second-order valence-electron chi connectivity index (χ2n) is 6.71. The summed E-state index contributed by atoms with van der Waals surface area (Å²) >= 11 is 0. The third-order valence-corrected chi connectivity index (χ3v) is 5.06. The zero-order valence-electron chi connectivity index (χ0n) is 14.1. The second kappa shape index (κ2) is 6.59. The van der Waals surface area contributed by atoms with Crippen molar-refractivity contribution in [3.8, 4) is 16.9 Å². The van der Waals surface area contributed by atoms with Gasteiger partial charge >= 0.3 is 0 Å². The minimum atomic E-state index is -0.173. The molecular formula is C20H22N4O. The van der Waals surface area contributed by atoms with Crippen molar-refractivity contribution >= 4 is 0 Å². The number of hydrogen-bond donors (Lipinski definition) is 1. The van der Waals surface area contributed by atoms with Gasteiger partial charge in [0.05, 0.1) is 17.7 Å². The Bertz CT molecular complexity index is 920. The largest absolute Gasteiger partial charge is 0.336 e. The summed E-state index contributed by atoms with van der Waals surface area (Å²) in [5.74, 6) is 6.40. The monoisotopic (exact) mass is 334 g/mol. The summed E-state index contributed by atoms with van der Waals surface area (Å²) in [6.45, 7) is 0. The number of pyridine rings is 1. The van der Waals surface area contributed by atoms with E-state index >= 15 is 0 Å². The van der Waals surface area contributed by atoms with Crippen LogP contribution in [0.25, 0.3) is 16.9 Å². The molecule has 3 aromatic rings. The van der Waals surface area contributed by atoms with Crippen LogP contribution in [0.2, 0.25) is 0 Å². The van der Waals surface area contributed by atoms with Crippen molar-refractivity contribution < 1.29 is 0 Å². The van der Waals surface area contributed by atoms with Crippen LogP contribution < -0.4 is 11.4 Å². The molecule has 5 heteroatoms. The third kappa shape index (κ3) is 3.09. The molecule has 1 aromatic carbocycles. The van der Waals surface area contributed by atoms with Gasteiger partial charge in [-0.2, -0.15) is 0 Å². The van der Waals surface area contributed by atoms with Gasteiger partial charge in [0.15, 0.2) is 0 Å². The van der Waals surface area contributed by atoms with Crippen LogP contribution in [-0.2, 0) is 0 Å². The molecule has 0 spiro atoms. The van der Waals surface area contributed by atoms with Crippen LogP contribution in [0.15, 0.2) is 59.8 Å². The fourth-order valence-corrected chi connectivity index (χ4v) is 3.67. The molecule has 128 valence electrons. The van der Waals surface area contributed by atoms with E-state index in [1.165, 1.54) is 23.9 Å². The van der Waals surface area contributed by atoms with Crippen LogP contribution in [-0.4, -0.2) is 14.2 Å². The molecule has 2 heterocycles. The van der Waals surface area contributed by atoms with Gasteiger partial charge in [-0.3, -0.25) is 4.79 Å². The molecule has 5 nitrogen and oxygen atoms in total. The van der Waals surface area contributed by atoms with Crippen molar-refractivity contribution in [3.63, 3.8) is 0 Å². The van der Waals surface area contributed by atoms with E-state index in [4.69, 9.17) is 5.84 Å². The molecule has 0 radical (unpaired) electrons. The van der Waals surface area contributed by atoms with E-state index in [1.54, 1.807) is 12.4 Å². The first kappa shape index (κ1) is 15.7. The molecule has 1 fully saturated rings. The van der Waals surface area contributed by atoms with Gasteiger partial charge in [0.25, 0.3) is 5.56 Å². The molecule has 0 amide bonds. The number of benzene rings is 1. The summed E-state index contributed by atoms with van der Waals surface area (Å²) in [6, 6.07) is 13.6. The van der Waals surface area contributed by atoms with E-state index in [0.29, 0.717) is 5.92 Å². The number of nitrogens with two attached hydrogens (primary N) is 1. The van der Waals surface area contributed by atoms with E-state index in [-0.39, 0.29) is 5.56 Å². The topological polar surface area (TPSA) is 65.8 Å². The van der Waals surface area contributed by atoms with Gasteiger partial charge in [0.2, 0.25) is 0 Å². The van der Waals surface area contributed by atoms with Gasteiger partial charge in [-0.15, -0.1) is 0 Å². The summed E-state index contributed by atoms with van der Waals surface area (Å²) in [5.41, 5.74) is 3.52. The number of nitrogens with zero attached hydrogens (tertiary/aromatic N) is 3. The maximum atomic E-state index is 12.4. The van der Waals surface area contributed by atoms with Crippen molar-refractivity contribution in [2.24, 2.45) is 0 Å². The van der Waals surface area contributed by atoms with Crippen molar-refractivity contribution in [2.75, 3.05) is 5.84 Å². The summed E-state index contributed by atoms with van der Waals surface area (Å²) in [7, 11) is 0. The zero-order valence-corrected chi connectivity index (χ0v) is 14.1. The first-order valence-electron chi connectivity index (χ1n) is 8.84. The molecule has 1 aliphatic carbocycles. The van der Waals surface area contributed by atoms with Crippen molar-refractivity contribution in [3.05, 3.63) is 71.0 Å². The highest BCUT2D eigenvalue weighted by Crippen LogP contribution is 2.32. The van der Waals surface area contributed by atoms with Crippen LogP contribution in [0.4, 0.5) is 0 Å². The Morgan fingerprint density at radius 3 is 2.56 bits per heavy atom. The molecule has 0 aliphatic heterocycles. The second-order valence-corrected chi connectivity index (χ2v) is 6.71. The minimum absolute atomic E-state index is 0.173. The Labute approximate surface area is 146 Å². The molecule has 0 saturated heterocycles. The molecule has 1 aliphatic rings. The smallest absolute Gasteiger partial charge is 0.270 e. The summed E-state index contributed by atoms with van der Waals surface area (Å²) < 4.78 is 3.21. The Morgan fingerprint density at radius 2 is 1.80 bits per heavy atom.